The van der Waals surface area contributed by atoms with E-state index in [0.29, 0.717) is 35.9 Å². The smallest absolute Gasteiger partial charge is 0.224 e. The van der Waals surface area contributed by atoms with Crippen LogP contribution in [0, 0.1) is 0 Å². The number of allylic oxidation sites excluding steroid dienone is 5. The average Bonchev–Trinajstić information content (AvgIpc) is 3.16. The molecule has 2 saturated carbocycles. The lowest BCUT2D eigenvalue weighted by Gasteiger charge is -2.34. The fourth-order valence-corrected chi connectivity index (χ4v) is 5.09. The number of rotatable bonds is 5. The van der Waals surface area contributed by atoms with Crippen LogP contribution in [-0.4, -0.2) is 46.3 Å². The quantitative estimate of drug-likeness (QED) is 0.298. The summed E-state index contributed by atoms with van der Waals surface area (Å²) in [5.74, 6) is 0.577. The zero-order valence-corrected chi connectivity index (χ0v) is 20.4. The van der Waals surface area contributed by atoms with E-state index >= 15 is 0 Å². The Morgan fingerprint density at radius 1 is 1.06 bits per heavy atom. The van der Waals surface area contributed by atoms with Gasteiger partial charge in [0.25, 0.3) is 0 Å². The Bertz CT molecular complexity index is 986. The van der Waals surface area contributed by atoms with E-state index in [9.17, 15) is 13.9 Å². The largest absolute Gasteiger partial charge is 0.393 e. The third-order valence-corrected chi connectivity index (χ3v) is 6.91. The van der Waals surface area contributed by atoms with Gasteiger partial charge in [-0.15, -0.1) is 0 Å². The molecule has 0 spiro atoms. The van der Waals surface area contributed by atoms with Gasteiger partial charge >= 0.3 is 0 Å². The van der Waals surface area contributed by atoms with Gasteiger partial charge in [-0.1, -0.05) is 19.3 Å². The van der Waals surface area contributed by atoms with Gasteiger partial charge in [0, 0.05) is 43.5 Å². The predicted octanol–water partition coefficient (Wildman–Crippen LogP) is 5.29. The second kappa shape index (κ2) is 12.2. The molecule has 3 aliphatic carbocycles. The lowest BCUT2D eigenvalue weighted by atomic mass is 9.96. The molecule has 2 atom stereocenters. The van der Waals surface area contributed by atoms with Crippen molar-refractivity contribution in [2.45, 2.75) is 88.8 Å². The minimum Gasteiger partial charge on any atom is -0.393 e. The molecule has 0 aromatic carbocycles. The molecule has 0 bridgehead atoms. The number of halogens is 2. The van der Waals surface area contributed by atoms with Crippen molar-refractivity contribution >= 4 is 17.7 Å². The van der Waals surface area contributed by atoms with Gasteiger partial charge in [0.15, 0.2) is 0 Å². The molecular weight excluding hydrogens is 450 g/mol. The van der Waals surface area contributed by atoms with Gasteiger partial charge in [-0.05, 0) is 63.2 Å². The van der Waals surface area contributed by atoms with Crippen molar-refractivity contribution in [1.82, 2.24) is 15.3 Å². The Morgan fingerprint density at radius 3 is 2.69 bits per heavy atom. The van der Waals surface area contributed by atoms with Crippen LogP contribution < -0.4 is 15.5 Å². The molecule has 35 heavy (non-hydrogen) atoms. The third-order valence-electron chi connectivity index (χ3n) is 6.91. The summed E-state index contributed by atoms with van der Waals surface area (Å²) in [4.78, 5) is 15.8. The number of nitrogens with one attached hydrogen (secondary N) is 2. The molecule has 1 aromatic rings. The summed E-state index contributed by atoms with van der Waals surface area (Å²) < 4.78 is 27.8. The molecule has 1 aromatic heterocycles. The van der Waals surface area contributed by atoms with Crippen molar-refractivity contribution < 1.29 is 13.9 Å². The molecule has 1 heterocycles. The molecule has 0 saturated heterocycles. The molecule has 190 valence electrons. The molecule has 7 nitrogen and oxygen atoms in total. The first-order valence-electron chi connectivity index (χ1n) is 12.7. The van der Waals surface area contributed by atoms with Crippen molar-refractivity contribution in [1.29, 1.82) is 0 Å². The first kappa shape index (κ1) is 25.3. The highest BCUT2D eigenvalue weighted by Crippen LogP contribution is 2.28. The lowest BCUT2D eigenvalue weighted by Crippen LogP contribution is -2.48. The number of aromatic nitrogens is 2. The van der Waals surface area contributed by atoms with Gasteiger partial charge in [-0.2, -0.15) is 4.98 Å². The van der Waals surface area contributed by atoms with Crippen LogP contribution in [0.5, 0.6) is 0 Å². The summed E-state index contributed by atoms with van der Waals surface area (Å²) in [6.07, 6.45) is 14.9. The second-order valence-corrected chi connectivity index (χ2v) is 9.59. The second-order valence-electron chi connectivity index (χ2n) is 9.59. The number of hydrogen-bond acceptors (Lipinski definition) is 5. The van der Waals surface area contributed by atoms with Crippen molar-refractivity contribution in [2.75, 3.05) is 17.3 Å². The van der Waals surface area contributed by atoms with Crippen molar-refractivity contribution in [3.63, 3.8) is 0 Å². The maximum Gasteiger partial charge on any atom is 0.224 e. The van der Waals surface area contributed by atoms with Crippen LogP contribution >= 0.6 is 0 Å². The molecule has 0 aliphatic heterocycles. The Kier molecular flexibility index (Phi) is 8.84. The van der Waals surface area contributed by atoms with Crippen LogP contribution in [-0.2, 0) is 0 Å². The first-order chi connectivity index (χ1) is 17.0. The Balaban J connectivity index is 1.62. The van der Waals surface area contributed by atoms with Crippen LogP contribution in [0.3, 0.4) is 0 Å². The number of aliphatic imine (C=N–C) groups is 1. The molecule has 0 radical (unpaired) electrons. The summed E-state index contributed by atoms with van der Waals surface area (Å²) in [6.45, 7) is 0. The molecule has 2 unspecified atom stereocenters. The number of hydrogen-bond donors (Lipinski definition) is 3. The number of guanidine groups is 1. The summed E-state index contributed by atoms with van der Waals surface area (Å²) >= 11 is 0. The first-order valence-corrected chi connectivity index (χ1v) is 12.7. The van der Waals surface area contributed by atoms with E-state index in [1.54, 1.807) is 13.2 Å². The van der Waals surface area contributed by atoms with Crippen LogP contribution in [0.2, 0.25) is 0 Å². The molecule has 3 aliphatic rings. The normalized spacial score (nSPS) is 24.5. The molecule has 3 N–H and O–H groups in total. The Labute approximate surface area is 206 Å². The van der Waals surface area contributed by atoms with Gasteiger partial charge < -0.3 is 15.7 Å². The maximum atomic E-state index is 14.1. The minimum absolute atomic E-state index is 0.0369. The summed E-state index contributed by atoms with van der Waals surface area (Å²) in [5, 5.41) is 16.9. The van der Waals surface area contributed by atoms with E-state index in [-0.39, 0.29) is 18.6 Å². The highest BCUT2D eigenvalue weighted by Gasteiger charge is 2.29. The fraction of sp³-hybridized carbons (Fsp3) is 0.577. The molecular formula is C26H36F2N6O. The molecule has 0 amide bonds. The highest BCUT2D eigenvalue weighted by molar-refractivity contribution is 5.97. The number of anilines is 2. The minimum atomic E-state index is -0.627. The Hall–Kier alpha value is -2.81. The van der Waals surface area contributed by atoms with Crippen LogP contribution in [0.15, 0.2) is 52.8 Å². The van der Waals surface area contributed by atoms with Gasteiger partial charge in [-0.25, -0.2) is 13.8 Å². The monoisotopic (exact) mass is 486 g/mol. The number of aliphatic hydroxyl groups is 1. The summed E-state index contributed by atoms with van der Waals surface area (Å²) in [6, 6.07) is 2.25. The van der Waals surface area contributed by atoms with Gasteiger partial charge in [0.05, 0.1) is 6.10 Å². The van der Waals surface area contributed by atoms with Gasteiger partial charge in [-0.3, -0.25) is 9.89 Å². The maximum absolute atomic E-state index is 14.1. The zero-order valence-electron chi connectivity index (χ0n) is 20.4. The van der Waals surface area contributed by atoms with Crippen LogP contribution in [0.4, 0.5) is 20.5 Å². The highest BCUT2D eigenvalue weighted by atomic mass is 19.1. The summed E-state index contributed by atoms with van der Waals surface area (Å²) in [7, 11) is 1.67. The van der Waals surface area contributed by atoms with E-state index < -0.39 is 11.7 Å². The van der Waals surface area contributed by atoms with Crippen LogP contribution in [0.25, 0.3) is 0 Å². The van der Waals surface area contributed by atoms with Crippen molar-refractivity contribution in [3.05, 3.63) is 47.8 Å². The zero-order chi connectivity index (χ0) is 24.6. The molecule has 4 rings (SSSR count). The Morgan fingerprint density at radius 2 is 1.89 bits per heavy atom. The fourth-order valence-electron chi connectivity index (χ4n) is 5.09. The van der Waals surface area contributed by atoms with E-state index in [1.807, 2.05) is 11.0 Å². The standard InChI is InChI=1S/C26H36F2N6O/c1-29-26(32-21-11-10-18(27)16-19(28)17-21)34(22-8-5-9-23(35)13-12-22)24-14-15-30-25(33-24)31-20-6-3-2-4-7-20/h10-11,14-16,20,22-23,35H,2-9,12-13,17H2,1H3,(H,29,32)(H,30,31,33). The summed E-state index contributed by atoms with van der Waals surface area (Å²) in [5.41, 5.74) is 0.500. The van der Waals surface area contributed by atoms with E-state index in [4.69, 9.17) is 4.98 Å². The number of aliphatic hydroxyl groups excluding tert-OH is 1. The number of nitrogens with zero attached hydrogens (tertiary/aromatic N) is 4. The van der Waals surface area contributed by atoms with Gasteiger partial charge in [0.2, 0.25) is 11.9 Å². The predicted molar refractivity (Wildman–Crippen MR) is 135 cm³/mol. The van der Waals surface area contributed by atoms with Crippen molar-refractivity contribution in [2.24, 2.45) is 4.99 Å². The van der Waals surface area contributed by atoms with E-state index in [2.05, 4.69) is 20.6 Å². The molecule has 9 heteroatoms. The SMILES string of the molecule is CN=C(NC1=CC=C(F)C=C(F)C1)N(c1ccnc(NC2CCCCC2)n1)C1CCCC(O)CC1. The lowest BCUT2D eigenvalue weighted by molar-refractivity contribution is 0.157. The van der Waals surface area contributed by atoms with Crippen molar-refractivity contribution in [3.8, 4) is 0 Å². The topological polar surface area (TPSA) is 85.7 Å². The molecule has 2 fully saturated rings. The van der Waals surface area contributed by atoms with Gasteiger partial charge in [0.1, 0.15) is 17.5 Å². The average molecular weight is 487 g/mol. The third kappa shape index (κ3) is 7.10. The van der Waals surface area contributed by atoms with E-state index in [1.165, 1.54) is 31.4 Å². The van der Waals surface area contributed by atoms with Crippen LogP contribution in [0.1, 0.15) is 70.6 Å². The van der Waals surface area contributed by atoms with E-state index in [0.717, 1.165) is 44.6 Å².